The van der Waals surface area contributed by atoms with E-state index < -0.39 is 11.9 Å². The summed E-state index contributed by atoms with van der Waals surface area (Å²) in [5, 5.41) is 2.73. The van der Waals surface area contributed by atoms with Crippen LogP contribution in [-0.4, -0.2) is 29.0 Å². The molecule has 1 heterocycles. The maximum atomic E-state index is 12.9. The lowest BCUT2D eigenvalue weighted by atomic mass is 10.2. The average molecular weight is 490 g/mol. The zero-order valence-corrected chi connectivity index (χ0v) is 20.0. The van der Waals surface area contributed by atoms with Crippen LogP contribution in [0.2, 0.25) is 0 Å². The highest BCUT2D eigenvalue weighted by molar-refractivity contribution is 7.16. The third-order valence-electron chi connectivity index (χ3n) is 4.87. The first-order valence-corrected chi connectivity index (χ1v) is 11.7. The van der Waals surface area contributed by atoms with Crippen LogP contribution in [0.5, 0.6) is 11.5 Å². The topological polar surface area (TPSA) is 99.0 Å². The van der Waals surface area contributed by atoms with E-state index in [1.54, 1.807) is 54.0 Å². The summed E-state index contributed by atoms with van der Waals surface area (Å²) in [6, 6.07) is 21.3. The minimum Gasteiger partial charge on any atom is -0.465 e. The number of ether oxygens (including phenoxy) is 2. The van der Waals surface area contributed by atoms with Gasteiger partial charge in [0.15, 0.2) is 4.80 Å². The quantitative estimate of drug-likeness (QED) is 0.378. The molecule has 0 atom stereocenters. The Hall–Kier alpha value is -4.24. The molecule has 1 aromatic heterocycles. The Morgan fingerprint density at radius 2 is 1.69 bits per heavy atom. The molecule has 35 heavy (non-hydrogen) atoms. The Bertz CT molecular complexity index is 1440. The Morgan fingerprint density at radius 3 is 2.37 bits per heavy atom. The van der Waals surface area contributed by atoms with Gasteiger partial charge < -0.3 is 19.4 Å². The predicted octanol–water partition coefficient (Wildman–Crippen LogP) is 4.76. The van der Waals surface area contributed by atoms with Crippen molar-refractivity contribution >= 4 is 45.0 Å². The van der Waals surface area contributed by atoms with Crippen molar-refractivity contribution in [1.29, 1.82) is 0 Å². The van der Waals surface area contributed by atoms with E-state index in [-0.39, 0.29) is 19.1 Å². The Labute approximate surface area is 205 Å². The van der Waals surface area contributed by atoms with E-state index in [0.717, 1.165) is 4.70 Å². The van der Waals surface area contributed by atoms with Crippen LogP contribution in [-0.2, 0) is 20.9 Å². The molecule has 0 bridgehead atoms. The van der Waals surface area contributed by atoms with E-state index in [1.165, 1.54) is 18.3 Å². The highest BCUT2D eigenvalue weighted by Crippen LogP contribution is 2.23. The van der Waals surface area contributed by atoms with Crippen molar-refractivity contribution in [3.8, 4) is 11.5 Å². The third kappa shape index (κ3) is 6.01. The van der Waals surface area contributed by atoms with Crippen molar-refractivity contribution in [1.82, 2.24) is 4.57 Å². The number of rotatable bonds is 7. The summed E-state index contributed by atoms with van der Waals surface area (Å²) >= 11 is 1.24. The molecule has 9 heteroatoms. The molecule has 0 aliphatic heterocycles. The summed E-state index contributed by atoms with van der Waals surface area (Å²) in [6.07, 6.45) is 0. The first kappa shape index (κ1) is 23.9. The molecule has 8 nitrogen and oxygen atoms in total. The van der Waals surface area contributed by atoms with Crippen molar-refractivity contribution in [3.05, 3.63) is 83.2 Å². The number of carbonyl (C=O) groups excluding carboxylic acids is 3. The first-order valence-electron chi connectivity index (χ1n) is 10.9. The molecular formula is C26H23N3O5S. The number of thiazole rings is 1. The number of fused-ring (bicyclic) bond motifs is 1. The number of hydrogen-bond acceptors (Lipinski definition) is 6. The van der Waals surface area contributed by atoms with Crippen LogP contribution in [0.1, 0.15) is 24.2 Å². The van der Waals surface area contributed by atoms with Gasteiger partial charge in [-0.15, -0.1) is 0 Å². The smallest absolute Gasteiger partial charge is 0.326 e. The zero-order valence-electron chi connectivity index (χ0n) is 19.2. The number of nitrogens with one attached hydrogen (secondary N) is 1. The molecule has 0 spiro atoms. The molecule has 4 aromatic rings. The largest absolute Gasteiger partial charge is 0.465 e. The van der Waals surface area contributed by atoms with Gasteiger partial charge in [0.05, 0.1) is 16.8 Å². The molecule has 4 rings (SSSR count). The molecule has 0 aliphatic carbocycles. The zero-order chi connectivity index (χ0) is 24.8. The summed E-state index contributed by atoms with van der Waals surface area (Å²) in [5.74, 6) is 0.203. The summed E-state index contributed by atoms with van der Waals surface area (Å²) in [6.45, 7) is 3.31. The predicted molar refractivity (Wildman–Crippen MR) is 134 cm³/mol. The Kier molecular flexibility index (Phi) is 7.37. The van der Waals surface area contributed by atoms with Crippen molar-refractivity contribution in [3.63, 3.8) is 0 Å². The van der Waals surface area contributed by atoms with Crippen molar-refractivity contribution in [2.45, 2.75) is 20.4 Å². The lowest BCUT2D eigenvalue weighted by Gasteiger charge is -2.06. The monoisotopic (exact) mass is 489 g/mol. The van der Waals surface area contributed by atoms with E-state index >= 15 is 0 Å². The SMILES string of the molecule is CCOC(=O)Cn1c(=NC(=O)c2ccc(Oc3ccccc3)cc2)sc2cc(NC(C)=O)ccc21. The van der Waals surface area contributed by atoms with Gasteiger partial charge in [-0.05, 0) is 61.5 Å². The van der Waals surface area contributed by atoms with Crippen LogP contribution in [0.15, 0.2) is 77.8 Å². The molecule has 3 aromatic carbocycles. The maximum Gasteiger partial charge on any atom is 0.326 e. The molecule has 0 saturated carbocycles. The number of para-hydroxylation sites is 1. The van der Waals surface area contributed by atoms with Gasteiger partial charge in [0.1, 0.15) is 18.0 Å². The fraction of sp³-hybridized carbons (Fsp3) is 0.154. The van der Waals surface area contributed by atoms with Crippen LogP contribution in [0.4, 0.5) is 5.69 Å². The highest BCUT2D eigenvalue weighted by atomic mass is 32.1. The molecule has 2 amide bonds. The van der Waals surface area contributed by atoms with E-state index in [0.29, 0.717) is 33.1 Å². The lowest BCUT2D eigenvalue weighted by molar-refractivity contribution is -0.143. The van der Waals surface area contributed by atoms with Gasteiger partial charge in [-0.2, -0.15) is 4.99 Å². The summed E-state index contributed by atoms with van der Waals surface area (Å²) in [4.78, 5) is 41.2. The summed E-state index contributed by atoms with van der Waals surface area (Å²) < 4.78 is 13.3. The maximum absolute atomic E-state index is 12.9. The van der Waals surface area contributed by atoms with Crippen LogP contribution in [0.25, 0.3) is 10.2 Å². The molecule has 0 fully saturated rings. The third-order valence-corrected chi connectivity index (χ3v) is 5.91. The van der Waals surface area contributed by atoms with Gasteiger partial charge in [0.25, 0.3) is 5.91 Å². The van der Waals surface area contributed by atoms with E-state index in [9.17, 15) is 14.4 Å². The fourth-order valence-electron chi connectivity index (χ4n) is 3.37. The number of nitrogens with zero attached hydrogens (tertiary/aromatic N) is 2. The minimum atomic E-state index is -0.456. The van der Waals surface area contributed by atoms with Gasteiger partial charge in [0.2, 0.25) is 5.91 Å². The minimum absolute atomic E-state index is 0.0940. The molecule has 0 saturated heterocycles. The molecule has 0 unspecified atom stereocenters. The second-order valence-electron chi connectivity index (χ2n) is 7.50. The second-order valence-corrected chi connectivity index (χ2v) is 8.51. The molecule has 0 radical (unpaired) electrons. The van der Waals surface area contributed by atoms with E-state index in [4.69, 9.17) is 9.47 Å². The number of hydrogen-bond donors (Lipinski definition) is 1. The number of esters is 1. The normalized spacial score (nSPS) is 11.3. The number of amides is 2. The van der Waals surface area contributed by atoms with Crippen molar-refractivity contribution in [2.24, 2.45) is 4.99 Å². The number of benzene rings is 3. The van der Waals surface area contributed by atoms with Crippen LogP contribution < -0.4 is 14.9 Å². The van der Waals surface area contributed by atoms with E-state index in [2.05, 4.69) is 10.3 Å². The van der Waals surface area contributed by atoms with Crippen LogP contribution >= 0.6 is 11.3 Å². The number of carbonyl (C=O) groups is 3. The second kappa shape index (κ2) is 10.8. The van der Waals surface area contributed by atoms with Gasteiger partial charge in [-0.25, -0.2) is 0 Å². The molecule has 178 valence electrons. The molecule has 0 aliphatic rings. The summed E-state index contributed by atoms with van der Waals surface area (Å²) in [5.41, 5.74) is 1.70. The first-order chi connectivity index (χ1) is 16.9. The molecular weight excluding hydrogens is 466 g/mol. The Morgan fingerprint density at radius 1 is 0.971 bits per heavy atom. The number of aromatic nitrogens is 1. The fourth-order valence-corrected chi connectivity index (χ4v) is 4.44. The summed E-state index contributed by atoms with van der Waals surface area (Å²) in [7, 11) is 0. The van der Waals surface area contributed by atoms with Gasteiger partial charge in [-0.1, -0.05) is 29.5 Å². The van der Waals surface area contributed by atoms with Gasteiger partial charge >= 0.3 is 5.97 Å². The lowest BCUT2D eigenvalue weighted by Crippen LogP contribution is -2.23. The molecule has 1 N–H and O–H groups in total. The van der Waals surface area contributed by atoms with Crippen molar-refractivity contribution < 1.29 is 23.9 Å². The van der Waals surface area contributed by atoms with Gasteiger partial charge in [0, 0.05) is 18.2 Å². The number of anilines is 1. The average Bonchev–Trinajstić information content (AvgIpc) is 3.15. The van der Waals surface area contributed by atoms with Crippen LogP contribution in [0, 0.1) is 0 Å². The van der Waals surface area contributed by atoms with Crippen molar-refractivity contribution in [2.75, 3.05) is 11.9 Å². The highest BCUT2D eigenvalue weighted by Gasteiger charge is 2.14. The Balaban J connectivity index is 1.66. The standard InChI is InChI=1S/C26H23N3O5S/c1-3-33-24(31)16-29-22-14-11-19(27-17(2)30)15-23(22)35-26(29)28-25(32)18-9-12-21(13-10-18)34-20-7-5-4-6-8-20/h4-15H,3,16H2,1-2H3,(H,27,30). The van der Waals surface area contributed by atoms with Crippen LogP contribution in [0.3, 0.4) is 0 Å². The van der Waals surface area contributed by atoms with Gasteiger partial charge in [-0.3, -0.25) is 14.4 Å². The van der Waals surface area contributed by atoms with E-state index in [1.807, 2.05) is 30.3 Å².